The number of ether oxygens (including phenoxy) is 1. The fourth-order valence-corrected chi connectivity index (χ4v) is 1.51. The molecule has 0 radical (unpaired) electrons. The number of nitrogens with one attached hydrogen (secondary N) is 1. The highest BCUT2D eigenvalue weighted by Gasteiger charge is 2.08. The SMILES string of the molecule is CC=CC(=O)OCC(=O)Nc1c(C)cccc1C. The molecule has 0 spiro atoms. The summed E-state index contributed by atoms with van der Waals surface area (Å²) >= 11 is 0. The molecule has 18 heavy (non-hydrogen) atoms. The molecule has 4 nitrogen and oxygen atoms in total. The topological polar surface area (TPSA) is 55.4 Å². The van der Waals surface area contributed by atoms with E-state index in [2.05, 4.69) is 5.32 Å². The summed E-state index contributed by atoms with van der Waals surface area (Å²) < 4.78 is 4.76. The van der Waals surface area contributed by atoms with Gasteiger partial charge in [0, 0.05) is 11.8 Å². The molecule has 0 aliphatic heterocycles. The van der Waals surface area contributed by atoms with Crippen molar-refractivity contribution < 1.29 is 14.3 Å². The minimum atomic E-state index is -0.519. The second-order valence-corrected chi connectivity index (χ2v) is 3.92. The highest BCUT2D eigenvalue weighted by atomic mass is 16.5. The molecule has 1 rings (SSSR count). The molecule has 1 aromatic carbocycles. The molecule has 0 saturated heterocycles. The first-order valence-electron chi connectivity index (χ1n) is 5.70. The summed E-state index contributed by atoms with van der Waals surface area (Å²) in [6.07, 6.45) is 2.83. The molecule has 1 N–H and O–H groups in total. The Labute approximate surface area is 107 Å². The van der Waals surface area contributed by atoms with Gasteiger partial charge >= 0.3 is 5.97 Å². The summed E-state index contributed by atoms with van der Waals surface area (Å²) in [4.78, 5) is 22.7. The van der Waals surface area contributed by atoms with Gasteiger partial charge in [-0.3, -0.25) is 4.79 Å². The van der Waals surface area contributed by atoms with Gasteiger partial charge in [0.05, 0.1) is 0 Å². The van der Waals surface area contributed by atoms with Crippen LogP contribution in [0.1, 0.15) is 18.1 Å². The van der Waals surface area contributed by atoms with E-state index in [-0.39, 0.29) is 12.5 Å². The average molecular weight is 247 g/mol. The lowest BCUT2D eigenvalue weighted by Gasteiger charge is -2.11. The second kappa shape index (κ2) is 6.59. The highest BCUT2D eigenvalue weighted by molar-refractivity contribution is 5.95. The van der Waals surface area contributed by atoms with Gasteiger partial charge in [0.1, 0.15) is 0 Å². The Morgan fingerprint density at radius 1 is 1.28 bits per heavy atom. The van der Waals surface area contributed by atoms with Gasteiger partial charge in [-0.2, -0.15) is 0 Å². The van der Waals surface area contributed by atoms with E-state index in [4.69, 9.17) is 4.74 Å². The van der Waals surface area contributed by atoms with E-state index >= 15 is 0 Å². The van der Waals surface area contributed by atoms with Crippen LogP contribution in [0.3, 0.4) is 0 Å². The molecule has 0 atom stereocenters. The average Bonchev–Trinajstić information content (AvgIpc) is 2.32. The van der Waals surface area contributed by atoms with Crippen LogP contribution in [-0.4, -0.2) is 18.5 Å². The van der Waals surface area contributed by atoms with Crippen LogP contribution < -0.4 is 5.32 Å². The number of para-hydroxylation sites is 1. The quantitative estimate of drug-likeness (QED) is 0.656. The number of rotatable bonds is 4. The lowest BCUT2D eigenvalue weighted by Crippen LogP contribution is -2.21. The maximum atomic E-state index is 11.6. The van der Waals surface area contributed by atoms with Crippen LogP contribution in [0, 0.1) is 13.8 Å². The summed E-state index contributed by atoms with van der Waals surface area (Å²) in [5.41, 5.74) is 2.72. The fourth-order valence-electron chi connectivity index (χ4n) is 1.51. The van der Waals surface area contributed by atoms with Gasteiger partial charge in [0.25, 0.3) is 5.91 Å². The summed E-state index contributed by atoms with van der Waals surface area (Å²) in [6.45, 7) is 5.25. The van der Waals surface area contributed by atoms with Crippen LogP contribution in [0.5, 0.6) is 0 Å². The summed E-state index contributed by atoms with van der Waals surface area (Å²) in [5.74, 6) is -0.862. The molecule has 96 valence electrons. The largest absolute Gasteiger partial charge is 0.452 e. The number of hydrogen-bond donors (Lipinski definition) is 1. The first kappa shape index (κ1) is 14.0. The number of benzene rings is 1. The number of allylic oxidation sites excluding steroid dienone is 1. The Kier molecular flexibility index (Phi) is 5.11. The lowest BCUT2D eigenvalue weighted by molar-refractivity contribution is -0.142. The zero-order valence-corrected chi connectivity index (χ0v) is 10.8. The van der Waals surface area contributed by atoms with Crippen molar-refractivity contribution in [1.82, 2.24) is 0 Å². The first-order valence-corrected chi connectivity index (χ1v) is 5.70. The van der Waals surface area contributed by atoms with Crippen molar-refractivity contribution in [3.05, 3.63) is 41.5 Å². The molecule has 1 amide bonds. The molecular formula is C14H17NO3. The second-order valence-electron chi connectivity index (χ2n) is 3.92. The van der Waals surface area contributed by atoms with Crippen LogP contribution >= 0.6 is 0 Å². The fraction of sp³-hybridized carbons (Fsp3) is 0.286. The van der Waals surface area contributed by atoms with Crippen molar-refractivity contribution in [3.8, 4) is 0 Å². The van der Waals surface area contributed by atoms with Crippen LogP contribution in [0.4, 0.5) is 5.69 Å². The van der Waals surface area contributed by atoms with E-state index in [1.165, 1.54) is 6.08 Å². The van der Waals surface area contributed by atoms with E-state index in [9.17, 15) is 9.59 Å². The summed E-state index contributed by atoms with van der Waals surface area (Å²) in [5, 5.41) is 2.74. The van der Waals surface area contributed by atoms with Crippen LogP contribution in [0.15, 0.2) is 30.4 Å². The number of carbonyl (C=O) groups excluding carboxylic acids is 2. The molecule has 0 heterocycles. The highest BCUT2D eigenvalue weighted by Crippen LogP contribution is 2.19. The van der Waals surface area contributed by atoms with Gasteiger partial charge in [-0.15, -0.1) is 0 Å². The number of hydrogen-bond acceptors (Lipinski definition) is 3. The van der Waals surface area contributed by atoms with Gasteiger partial charge in [-0.05, 0) is 31.9 Å². The summed E-state index contributed by atoms with van der Waals surface area (Å²) in [6, 6.07) is 5.75. The number of carbonyl (C=O) groups is 2. The van der Waals surface area contributed by atoms with Crippen LogP contribution in [-0.2, 0) is 14.3 Å². The maximum absolute atomic E-state index is 11.6. The Morgan fingerprint density at radius 3 is 2.44 bits per heavy atom. The molecule has 1 aromatic rings. The first-order chi connectivity index (χ1) is 8.54. The smallest absolute Gasteiger partial charge is 0.330 e. The zero-order chi connectivity index (χ0) is 13.5. The third kappa shape index (κ3) is 4.05. The van der Waals surface area contributed by atoms with Gasteiger partial charge in [0.2, 0.25) is 0 Å². The zero-order valence-electron chi connectivity index (χ0n) is 10.8. The van der Waals surface area contributed by atoms with E-state index < -0.39 is 5.97 Å². The van der Waals surface area contributed by atoms with E-state index in [1.807, 2.05) is 32.0 Å². The molecule has 0 aliphatic carbocycles. The minimum absolute atomic E-state index is 0.281. The molecule has 0 fully saturated rings. The predicted octanol–water partition coefficient (Wildman–Crippen LogP) is 2.36. The Bertz CT molecular complexity index is 458. The van der Waals surface area contributed by atoms with Crippen molar-refractivity contribution >= 4 is 17.6 Å². The molecule has 4 heteroatoms. The number of esters is 1. The third-order valence-corrected chi connectivity index (χ3v) is 2.39. The summed E-state index contributed by atoms with van der Waals surface area (Å²) in [7, 11) is 0. The van der Waals surface area contributed by atoms with E-state index in [0.29, 0.717) is 0 Å². The van der Waals surface area contributed by atoms with Crippen LogP contribution in [0.2, 0.25) is 0 Å². The monoisotopic (exact) mass is 247 g/mol. The van der Waals surface area contributed by atoms with Gasteiger partial charge in [-0.25, -0.2) is 4.79 Å². The number of aryl methyl sites for hydroxylation is 2. The molecular weight excluding hydrogens is 230 g/mol. The molecule has 0 bridgehead atoms. The van der Waals surface area contributed by atoms with Crippen molar-refractivity contribution in [3.63, 3.8) is 0 Å². The number of amides is 1. The van der Waals surface area contributed by atoms with Crippen molar-refractivity contribution in [2.75, 3.05) is 11.9 Å². The molecule has 0 aromatic heterocycles. The molecule has 0 saturated carbocycles. The van der Waals surface area contributed by atoms with Crippen LogP contribution in [0.25, 0.3) is 0 Å². The third-order valence-electron chi connectivity index (χ3n) is 2.39. The van der Waals surface area contributed by atoms with Gasteiger partial charge in [-0.1, -0.05) is 24.3 Å². The van der Waals surface area contributed by atoms with Crippen molar-refractivity contribution in [1.29, 1.82) is 0 Å². The maximum Gasteiger partial charge on any atom is 0.330 e. The van der Waals surface area contributed by atoms with Crippen molar-refractivity contribution in [2.45, 2.75) is 20.8 Å². The van der Waals surface area contributed by atoms with E-state index in [1.54, 1.807) is 13.0 Å². The Balaban J connectivity index is 2.58. The molecule has 0 unspecified atom stereocenters. The van der Waals surface area contributed by atoms with E-state index in [0.717, 1.165) is 16.8 Å². The number of anilines is 1. The Hall–Kier alpha value is -2.10. The minimum Gasteiger partial charge on any atom is -0.452 e. The van der Waals surface area contributed by atoms with Gasteiger partial charge in [0.15, 0.2) is 6.61 Å². The predicted molar refractivity (Wildman–Crippen MR) is 70.3 cm³/mol. The molecule has 0 aliphatic rings. The Morgan fingerprint density at radius 2 is 1.89 bits per heavy atom. The van der Waals surface area contributed by atoms with Gasteiger partial charge < -0.3 is 10.1 Å². The van der Waals surface area contributed by atoms with Crippen molar-refractivity contribution in [2.24, 2.45) is 0 Å². The normalized spacial score (nSPS) is 10.4. The lowest BCUT2D eigenvalue weighted by atomic mass is 10.1. The standard InChI is InChI=1S/C14H17NO3/c1-4-6-13(17)18-9-12(16)15-14-10(2)7-5-8-11(14)3/h4-8H,9H2,1-3H3,(H,15,16).